The average Bonchev–Trinajstić information content (AvgIpc) is 2.93. The molecule has 3 aromatic rings. The Hall–Kier alpha value is -2.39. The van der Waals surface area contributed by atoms with Crippen molar-refractivity contribution in [1.29, 1.82) is 0 Å². The summed E-state index contributed by atoms with van der Waals surface area (Å²) in [4.78, 5) is 31.7. The standard InChI is InChI=1S/C19H22N6OS2/c1-9-7-10(2)21-19(20-9)27-8-15(26)25-24-13(5)17-11(3)16-12(4)22-14(6)23-18(16)28-17/h7H,8H2,1-6H3,(H,25,26)/b24-13-. The fraction of sp³-hybridized carbons (Fsp3) is 0.368. The minimum absolute atomic E-state index is 0.197. The Bertz CT molecular complexity index is 1070. The first-order valence-electron chi connectivity index (χ1n) is 8.77. The molecule has 0 unspecified atom stereocenters. The van der Waals surface area contributed by atoms with E-state index in [1.807, 2.05) is 47.6 Å². The molecule has 146 valence electrons. The molecule has 0 aromatic carbocycles. The van der Waals surface area contributed by atoms with Crippen LogP contribution in [0.4, 0.5) is 0 Å². The largest absolute Gasteiger partial charge is 0.272 e. The van der Waals surface area contributed by atoms with Crippen molar-refractivity contribution in [1.82, 2.24) is 25.4 Å². The lowest BCUT2D eigenvalue weighted by Gasteiger charge is -2.04. The summed E-state index contributed by atoms with van der Waals surface area (Å²) >= 11 is 2.86. The van der Waals surface area contributed by atoms with E-state index in [1.54, 1.807) is 11.3 Å². The molecule has 3 heterocycles. The van der Waals surface area contributed by atoms with Crippen molar-refractivity contribution in [3.63, 3.8) is 0 Å². The fourth-order valence-electron chi connectivity index (χ4n) is 2.94. The lowest BCUT2D eigenvalue weighted by molar-refractivity contribution is -0.118. The molecule has 9 heteroatoms. The third-order valence-electron chi connectivity index (χ3n) is 4.05. The quantitative estimate of drug-likeness (QED) is 0.296. The van der Waals surface area contributed by atoms with Crippen molar-refractivity contribution >= 4 is 44.9 Å². The number of thiophene rings is 1. The number of thioether (sulfide) groups is 1. The summed E-state index contributed by atoms with van der Waals surface area (Å²) in [5, 5.41) is 5.93. The molecule has 1 N–H and O–H groups in total. The summed E-state index contributed by atoms with van der Waals surface area (Å²) in [7, 11) is 0. The van der Waals surface area contributed by atoms with Crippen LogP contribution in [-0.4, -0.2) is 37.3 Å². The summed E-state index contributed by atoms with van der Waals surface area (Å²) in [6, 6.07) is 1.90. The molecule has 3 rings (SSSR count). The first-order chi connectivity index (χ1) is 13.2. The van der Waals surface area contributed by atoms with Crippen LogP contribution in [-0.2, 0) is 4.79 Å². The number of hydrogen-bond donors (Lipinski definition) is 1. The van der Waals surface area contributed by atoms with Gasteiger partial charge in [-0.3, -0.25) is 4.79 Å². The molecule has 0 aliphatic rings. The van der Waals surface area contributed by atoms with Crippen molar-refractivity contribution < 1.29 is 4.79 Å². The van der Waals surface area contributed by atoms with Crippen LogP contribution >= 0.6 is 23.1 Å². The molecule has 0 saturated heterocycles. The van der Waals surface area contributed by atoms with E-state index in [1.165, 1.54) is 11.8 Å². The van der Waals surface area contributed by atoms with Crippen LogP contribution in [0.15, 0.2) is 16.3 Å². The van der Waals surface area contributed by atoms with Crippen LogP contribution in [0.25, 0.3) is 10.2 Å². The number of hydrazone groups is 1. The van der Waals surface area contributed by atoms with E-state index in [0.717, 1.165) is 49.3 Å². The highest BCUT2D eigenvalue weighted by Crippen LogP contribution is 2.31. The predicted molar refractivity (Wildman–Crippen MR) is 114 cm³/mol. The maximum atomic E-state index is 12.2. The van der Waals surface area contributed by atoms with E-state index in [2.05, 4.69) is 30.5 Å². The van der Waals surface area contributed by atoms with Gasteiger partial charge < -0.3 is 0 Å². The number of carbonyl (C=O) groups excluding carboxylic acids is 1. The number of carbonyl (C=O) groups is 1. The number of hydrogen-bond acceptors (Lipinski definition) is 8. The molecule has 0 atom stereocenters. The zero-order chi connectivity index (χ0) is 20.4. The van der Waals surface area contributed by atoms with Crippen molar-refractivity contribution in [3.05, 3.63) is 39.4 Å². The van der Waals surface area contributed by atoms with E-state index in [0.29, 0.717) is 5.16 Å². The number of nitrogens with one attached hydrogen (secondary N) is 1. The normalized spacial score (nSPS) is 11.9. The third kappa shape index (κ3) is 4.53. The predicted octanol–water partition coefficient (Wildman–Crippen LogP) is 3.66. The molecule has 0 spiro atoms. The van der Waals surface area contributed by atoms with Gasteiger partial charge in [-0.25, -0.2) is 25.4 Å². The van der Waals surface area contributed by atoms with Crippen LogP contribution in [0, 0.1) is 34.6 Å². The number of rotatable bonds is 5. The van der Waals surface area contributed by atoms with Gasteiger partial charge in [0.1, 0.15) is 10.7 Å². The number of fused-ring (bicyclic) bond motifs is 1. The summed E-state index contributed by atoms with van der Waals surface area (Å²) in [5.41, 5.74) is 7.20. The SMILES string of the molecule is C/C(=N/NC(=O)CSc1nc(C)cc(C)n1)c1sc2nc(C)nc(C)c2c1C. The van der Waals surface area contributed by atoms with E-state index < -0.39 is 0 Å². The summed E-state index contributed by atoms with van der Waals surface area (Å²) < 4.78 is 0. The van der Waals surface area contributed by atoms with E-state index >= 15 is 0 Å². The van der Waals surface area contributed by atoms with Crippen LogP contribution in [0.1, 0.15) is 40.3 Å². The molecular formula is C19H22N6OS2. The molecule has 0 bridgehead atoms. The first-order valence-corrected chi connectivity index (χ1v) is 10.6. The smallest absolute Gasteiger partial charge is 0.250 e. The van der Waals surface area contributed by atoms with Crippen LogP contribution in [0.5, 0.6) is 0 Å². The minimum atomic E-state index is -0.197. The topological polar surface area (TPSA) is 93.0 Å². The Labute approximate surface area is 172 Å². The van der Waals surface area contributed by atoms with Crippen molar-refractivity contribution in [2.24, 2.45) is 5.10 Å². The molecule has 3 aromatic heterocycles. The Morgan fingerprint density at radius 1 is 1.11 bits per heavy atom. The molecule has 0 radical (unpaired) electrons. The number of aromatic nitrogens is 4. The second-order valence-electron chi connectivity index (χ2n) is 6.55. The van der Waals surface area contributed by atoms with Gasteiger partial charge in [0.05, 0.1) is 16.3 Å². The Morgan fingerprint density at radius 3 is 2.46 bits per heavy atom. The van der Waals surface area contributed by atoms with E-state index in [4.69, 9.17) is 0 Å². The minimum Gasteiger partial charge on any atom is -0.272 e. The molecule has 0 saturated carbocycles. The summed E-state index contributed by atoms with van der Waals surface area (Å²) in [6.07, 6.45) is 0. The van der Waals surface area contributed by atoms with Gasteiger partial charge >= 0.3 is 0 Å². The highest BCUT2D eigenvalue weighted by Gasteiger charge is 2.15. The molecule has 1 amide bonds. The van der Waals surface area contributed by atoms with Gasteiger partial charge in [-0.05, 0) is 53.2 Å². The van der Waals surface area contributed by atoms with Crippen molar-refractivity contribution in [2.45, 2.75) is 46.7 Å². The highest BCUT2D eigenvalue weighted by molar-refractivity contribution is 7.99. The van der Waals surface area contributed by atoms with Gasteiger partial charge in [0.25, 0.3) is 5.91 Å². The monoisotopic (exact) mass is 414 g/mol. The maximum Gasteiger partial charge on any atom is 0.250 e. The zero-order valence-corrected chi connectivity index (χ0v) is 18.4. The molecule has 28 heavy (non-hydrogen) atoms. The zero-order valence-electron chi connectivity index (χ0n) is 16.7. The second-order valence-corrected chi connectivity index (χ2v) is 8.49. The molecule has 0 aliphatic carbocycles. The molecule has 7 nitrogen and oxygen atoms in total. The van der Waals surface area contributed by atoms with E-state index in [9.17, 15) is 4.79 Å². The van der Waals surface area contributed by atoms with Crippen LogP contribution in [0.3, 0.4) is 0 Å². The Kier molecular flexibility index (Phi) is 6.04. The van der Waals surface area contributed by atoms with Crippen LogP contribution < -0.4 is 5.43 Å². The summed E-state index contributed by atoms with van der Waals surface area (Å²) in [5.74, 6) is 0.762. The average molecular weight is 415 g/mol. The molecule has 0 fully saturated rings. The Balaban J connectivity index is 1.70. The first kappa shape index (κ1) is 20.3. The van der Waals surface area contributed by atoms with Gasteiger partial charge in [-0.2, -0.15) is 5.10 Å². The Morgan fingerprint density at radius 2 is 1.79 bits per heavy atom. The van der Waals surface area contributed by atoms with E-state index in [-0.39, 0.29) is 11.7 Å². The number of nitrogens with zero attached hydrogens (tertiary/aromatic N) is 5. The van der Waals surface area contributed by atoms with Crippen LogP contribution in [0.2, 0.25) is 0 Å². The number of aryl methyl sites for hydroxylation is 5. The second kappa shape index (κ2) is 8.32. The molecule has 0 aliphatic heterocycles. The lowest BCUT2D eigenvalue weighted by Crippen LogP contribution is -2.21. The maximum absolute atomic E-state index is 12.2. The van der Waals surface area contributed by atoms with Gasteiger partial charge in [-0.1, -0.05) is 11.8 Å². The highest BCUT2D eigenvalue weighted by atomic mass is 32.2. The van der Waals surface area contributed by atoms with Gasteiger partial charge in [0.15, 0.2) is 5.16 Å². The number of amides is 1. The van der Waals surface area contributed by atoms with Crippen molar-refractivity contribution in [3.8, 4) is 0 Å². The van der Waals surface area contributed by atoms with Crippen molar-refractivity contribution in [2.75, 3.05) is 5.75 Å². The third-order valence-corrected chi connectivity index (χ3v) is 6.20. The van der Waals surface area contributed by atoms with Gasteiger partial charge in [-0.15, -0.1) is 11.3 Å². The lowest BCUT2D eigenvalue weighted by atomic mass is 10.1. The van der Waals surface area contributed by atoms with Gasteiger partial charge in [0, 0.05) is 22.5 Å². The molecular weight excluding hydrogens is 392 g/mol. The fourth-order valence-corrected chi connectivity index (χ4v) is 4.90. The summed E-state index contributed by atoms with van der Waals surface area (Å²) in [6.45, 7) is 11.6. The van der Waals surface area contributed by atoms with Gasteiger partial charge in [0.2, 0.25) is 0 Å².